The molecule has 114 valence electrons. The smallest absolute Gasteiger partial charge is 0.329 e. The molecular weight excluding hydrogens is 256 g/mol. The number of urea groups is 1. The second-order valence-electron chi connectivity index (χ2n) is 6.18. The summed E-state index contributed by atoms with van der Waals surface area (Å²) in [5.74, 6) is -0.114. The first-order valence-electron chi connectivity index (χ1n) is 7.85. The van der Waals surface area contributed by atoms with Crippen LogP contribution in [0.15, 0.2) is 0 Å². The number of carboxylic acid groups (broad SMARTS) is 1. The van der Waals surface area contributed by atoms with Gasteiger partial charge in [0.05, 0.1) is 0 Å². The molecule has 5 heteroatoms. The number of nitrogens with zero attached hydrogens (tertiary/aromatic N) is 1. The van der Waals surface area contributed by atoms with Crippen LogP contribution in [0, 0.1) is 5.92 Å². The lowest BCUT2D eigenvalue weighted by atomic mass is 9.93. The van der Waals surface area contributed by atoms with Crippen LogP contribution in [0.3, 0.4) is 0 Å². The monoisotopic (exact) mass is 282 g/mol. The number of rotatable bonds is 6. The Balaban J connectivity index is 2.00. The summed E-state index contributed by atoms with van der Waals surface area (Å²) in [6, 6.07) is -0.0156. The maximum Gasteiger partial charge on any atom is 0.329 e. The summed E-state index contributed by atoms with van der Waals surface area (Å²) in [5, 5.41) is 12.6. The Labute approximate surface area is 120 Å². The van der Waals surface area contributed by atoms with Crippen molar-refractivity contribution in [2.75, 3.05) is 6.54 Å². The SMILES string of the molecule is CCC(CC1CC1)NC(=O)N1CCCC1(CC)C(=O)O. The Morgan fingerprint density at radius 3 is 2.60 bits per heavy atom. The van der Waals surface area contributed by atoms with Crippen molar-refractivity contribution in [3.8, 4) is 0 Å². The van der Waals surface area contributed by atoms with E-state index >= 15 is 0 Å². The molecule has 2 amide bonds. The average molecular weight is 282 g/mol. The predicted molar refractivity (Wildman–Crippen MR) is 76.5 cm³/mol. The highest BCUT2D eigenvalue weighted by molar-refractivity contribution is 5.87. The van der Waals surface area contributed by atoms with Crippen LogP contribution in [0.4, 0.5) is 4.79 Å². The molecule has 2 fully saturated rings. The summed E-state index contributed by atoms with van der Waals surface area (Å²) in [4.78, 5) is 25.6. The largest absolute Gasteiger partial charge is 0.479 e. The van der Waals surface area contributed by atoms with Gasteiger partial charge in [0.1, 0.15) is 5.54 Å². The van der Waals surface area contributed by atoms with E-state index in [0.29, 0.717) is 19.4 Å². The molecule has 1 aliphatic heterocycles. The molecule has 1 aliphatic carbocycles. The first-order valence-corrected chi connectivity index (χ1v) is 7.85. The number of carbonyl (C=O) groups is 2. The summed E-state index contributed by atoms with van der Waals surface area (Å²) >= 11 is 0. The first-order chi connectivity index (χ1) is 9.53. The number of likely N-dealkylation sites (tertiary alicyclic amines) is 1. The Bertz CT molecular complexity index is 381. The first kappa shape index (κ1) is 15.1. The third kappa shape index (κ3) is 2.91. The van der Waals surface area contributed by atoms with Gasteiger partial charge >= 0.3 is 12.0 Å². The topological polar surface area (TPSA) is 69.6 Å². The van der Waals surface area contributed by atoms with Gasteiger partial charge in [0.15, 0.2) is 0 Å². The van der Waals surface area contributed by atoms with Gasteiger partial charge in [-0.3, -0.25) is 0 Å². The van der Waals surface area contributed by atoms with E-state index in [9.17, 15) is 14.7 Å². The van der Waals surface area contributed by atoms with Gasteiger partial charge in [-0.2, -0.15) is 0 Å². The number of carbonyl (C=O) groups excluding carboxylic acids is 1. The number of hydrogen-bond acceptors (Lipinski definition) is 2. The normalized spacial score (nSPS) is 27.4. The molecule has 1 saturated heterocycles. The van der Waals surface area contributed by atoms with Crippen LogP contribution in [-0.2, 0) is 4.79 Å². The Kier molecular flexibility index (Phi) is 4.55. The molecular formula is C15H26N2O3. The van der Waals surface area contributed by atoms with Crippen LogP contribution in [0.5, 0.6) is 0 Å². The number of hydrogen-bond donors (Lipinski definition) is 2. The van der Waals surface area contributed by atoms with Crippen LogP contribution < -0.4 is 5.32 Å². The minimum absolute atomic E-state index is 0.180. The van der Waals surface area contributed by atoms with Gasteiger partial charge in [0.25, 0.3) is 0 Å². The highest BCUT2D eigenvalue weighted by atomic mass is 16.4. The van der Waals surface area contributed by atoms with E-state index in [2.05, 4.69) is 12.2 Å². The van der Waals surface area contributed by atoms with Crippen LogP contribution in [0.2, 0.25) is 0 Å². The van der Waals surface area contributed by atoms with E-state index in [0.717, 1.165) is 25.2 Å². The van der Waals surface area contributed by atoms with Crippen molar-refractivity contribution >= 4 is 12.0 Å². The molecule has 2 aliphatic rings. The minimum Gasteiger partial charge on any atom is -0.479 e. The molecule has 0 spiro atoms. The van der Waals surface area contributed by atoms with Gasteiger partial charge in [-0.25, -0.2) is 9.59 Å². The zero-order valence-corrected chi connectivity index (χ0v) is 12.5. The van der Waals surface area contributed by atoms with Gasteiger partial charge in [-0.15, -0.1) is 0 Å². The Morgan fingerprint density at radius 1 is 1.40 bits per heavy atom. The van der Waals surface area contributed by atoms with Crippen LogP contribution in [0.1, 0.15) is 58.8 Å². The van der Waals surface area contributed by atoms with Gasteiger partial charge in [0.2, 0.25) is 0 Å². The number of carboxylic acids is 1. The molecule has 2 atom stereocenters. The predicted octanol–water partition coefficient (Wildman–Crippen LogP) is 2.60. The third-order valence-electron chi connectivity index (χ3n) is 4.85. The molecule has 2 N–H and O–H groups in total. The van der Waals surface area contributed by atoms with Crippen LogP contribution in [0.25, 0.3) is 0 Å². The van der Waals surface area contributed by atoms with E-state index < -0.39 is 11.5 Å². The summed E-state index contributed by atoms with van der Waals surface area (Å²) in [6.45, 7) is 4.47. The van der Waals surface area contributed by atoms with E-state index in [1.54, 1.807) is 4.90 Å². The molecule has 1 saturated carbocycles. The van der Waals surface area contributed by atoms with Gasteiger partial charge in [0, 0.05) is 12.6 Å². The van der Waals surface area contributed by atoms with Crippen molar-refractivity contribution in [3.05, 3.63) is 0 Å². The van der Waals surface area contributed by atoms with Crippen molar-refractivity contribution in [2.45, 2.75) is 70.4 Å². The average Bonchev–Trinajstić information content (AvgIpc) is 3.12. The lowest BCUT2D eigenvalue weighted by molar-refractivity contribution is -0.148. The Morgan fingerprint density at radius 2 is 2.10 bits per heavy atom. The van der Waals surface area contributed by atoms with E-state index in [4.69, 9.17) is 0 Å². The fourth-order valence-corrected chi connectivity index (χ4v) is 3.25. The standard InChI is InChI=1S/C15H26N2O3/c1-3-12(10-11-6-7-11)16-14(20)17-9-5-8-15(17,4-2)13(18)19/h11-12H,3-10H2,1-2H3,(H,16,20)(H,18,19). The molecule has 5 nitrogen and oxygen atoms in total. The summed E-state index contributed by atoms with van der Waals surface area (Å²) in [6.07, 6.45) is 6.27. The highest BCUT2D eigenvalue weighted by Gasteiger charge is 2.48. The molecule has 0 aromatic rings. The fraction of sp³-hybridized carbons (Fsp3) is 0.867. The zero-order valence-electron chi connectivity index (χ0n) is 12.5. The minimum atomic E-state index is -0.998. The van der Waals surface area contributed by atoms with Crippen LogP contribution in [-0.4, -0.2) is 40.1 Å². The maximum atomic E-state index is 12.4. The highest BCUT2D eigenvalue weighted by Crippen LogP contribution is 2.35. The van der Waals surface area contributed by atoms with Crippen molar-refractivity contribution in [3.63, 3.8) is 0 Å². The van der Waals surface area contributed by atoms with E-state index in [-0.39, 0.29) is 12.1 Å². The van der Waals surface area contributed by atoms with Crippen molar-refractivity contribution in [1.82, 2.24) is 10.2 Å². The molecule has 1 heterocycles. The molecule has 0 bridgehead atoms. The molecule has 20 heavy (non-hydrogen) atoms. The summed E-state index contributed by atoms with van der Waals surface area (Å²) in [5.41, 5.74) is -0.998. The quantitative estimate of drug-likeness (QED) is 0.786. The van der Waals surface area contributed by atoms with Gasteiger partial charge in [-0.05, 0) is 38.0 Å². The molecule has 2 rings (SSSR count). The maximum absolute atomic E-state index is 12.4. The molecule has 2 unspecified atom stereocenters. The summed E-state index contributed by atoms with van der Waals surface area (Å²) < 4.78 is 0. The third-order valence-corrected chi connectivity index (χ3v) is 4.85. The lowest BCUT2D eigenvalue weighted by Gasteiger charge is -2.35. The van der Waals surface area contributed by atoms with Gasteiger partial charge < -0.3 is 15.3 Å². The second kappa shape index (κ2) is 6.02. The molecule has 0 aromatic carbocycles. The van der Waals surface area contributed by atoms with Crippen molar-refractivity contribution in [2.24, 2.45) is 5.92 Å². The van der Waals surface area contributed by atoms with E-state index in [1.165, 1.54) is 12.8 Å². The second-order valence-corrected chi connectivity index (χ2v) is 6.18. The Hall–Kier alpha value is -1.26. The van der Waals surface area contributed by atoms with Crippen LogP contribution >= 0.6 is 0 Å². The zero-order chi connectivity index (χ0) is 14.8. The lowest BCUT2D eigenvalue weighted by Crippen LogP contribution is -2.57. The van der Waals surface area contributed by atoms with E-state index in [1.807, 2.05) is 6.92 Å². The fourth-order valence-electron chi connectivity index (χ4n) is 3.25. The van der Waals surface area contributed by atoms with Gasteiger partial charge in [-0.1, -0.05) is 26.7 Å². The van der Waals surface area contributed by atoms with Crippen molar-refractivity contribution in [1.29, 1.82) is 0 Å². The van der Waals surface area contributed by atoms with Crippen molar-refractivity contribution < 1.29 is 14.7 Å². The number of amides is 2. The number of aliphatic carboxylic acids is 1. The number of nitrogens with one attached hydrogen (secondary N) is 1. The molecule has 0 radical (unpaired) electrons. The summed E-state index contributed by atoms with van der Waals surface area (Å²) in [7, 11) is 0. The molecule has 0 aromatic heterocycles.